The van der Waals surface area contributed by atoms with E-state index in [0.29, 0.717) is 10.9 Å². The lowest BCUT2D eigenvalue weighted by molar-refractivity contribution is 0.125. The van der Waals surface area contributed by atoms with Crippen molar-refractivity contribution in [1.29, 1.82) is 0 Å². The lowest BCUT2D eigenvalue weighted by Crippen LogP contribution is -2.34. The number of benzene rings is 1. The Morgan fingerprint density at radius 1 is 1.22 bits per heavy atom. The van der Waals surface area contributed by atoms with Gasteiger partial charge in [0.15, 0.2) is 0 Å². The topological polar surface area (TPSA) is 18.5 Å². The fraction of sp³-hybridized carbons (Fsp3) is 0.600. The average molecular weight is 313 g/mol. The van der Waals surface area contributed by atoms with E-state index in [-0.39, 0.29) is 5.41 Å². The maximum atomic E-state index is 6.09. The zero-order valence-electron chi connectivity index (χ0n) is 11.5. The van der Waals surface area contributed by atoms with Gasteiger partial charge in [-0.2, -0.15) is 0 Å². The summed E-state index contributed by atoms with van der Waals surface area (Å²) in [6.45, 7) is 6.59. The monoisotopic (exact) mass is 312 g/mol. The molecule has 100 valence electrons. The van der Waals surface area contributed by atoms with E-state index in [4.69, 9.17) is 9.47 Å². The zero-order chi connectivity index (χ0) is 13.3. The second-order valence-corrected chi connectivity index (χ2v) is 7.22. The highest BCUT2D eigenvalue weighted by atomic mass is 79.9. The first-order valence-electron chi connectivity index (χ1n) is 6.39. The summed E-state index contributed by atoms with van der Waals surface area (Å²) >= 11 is 3.59. The smallest absolute Gasteiger partial charge is 0.123 e. The first-order valence-corrected chi connectivity index (χ1v) is 7.31. The Morgan fingerprint density at radius 3 is 2.39 bits per heavy atom. The summed E-state index contributed by atoms with van der Waals surface area (Å²) in [6, 6.07) is 6.08. The van der Waals surface area contributed by atoms with E-state index in [1.807, 2.05) is 12.1 Å². The Balaban J connectivity index is 2.22. The molecule has 1 aliphatic rings. The summed E-state index contributed by atoms with van der Waals surface area (Å²) in [4.78, 5) is 0.624. The number of halogens is 1. The van der Waals surface area contributed by atoms with Crippen molar-refractivity contribution in [2.24, 2.45) is 0 Å². The van der Waals surface area contributed by atoms with E-state index in [0.717, 1.165) is 24.3 Å². The molecule has 1 aromatic rings. The minimum absolute atomic E-state index is 0.0570. The highest BCUT2D eigenvalue weighted by Crippen LogP contribution is 2.38. The number of alkyl halides is 1. The summed E-state index contributed by atoms with van der Waals surface area (Å²) in [5.41, 5.74) is 1.27. The maximum Gasteiger partial charge on any atom is 0.123 e. The number of methoxy groups -OCH3 is 1. The highest BCUT2D eigenvalue weighted by molar-refractivity contribution is 9.09. The second-order valence-electron chi connectivity index (χ2n) is 5.92. The molecule has 0 N–H and O–H groups in total. The lowest BCUT2D eigenvalue weighted by atomic mass is 9.86. The minimum atomic E-state index is 0.0570. The number of hydrogen-bond donors (Lipinski definition) is 0. The molecular weight excluding hydrogens is 292 g/mol. The van der Waals surface area contributed by atoms with E-state index in [1.54, 1.807) is 7.11 Å². The molecule has 0 unspecified atom stereocenters. The van der Waals surface area contributed by atoms with Crippen molar-refractivity contribution in [3.8, 4) is 11.5 Å². The van der Waals surface area contributed by atoms with Gasteiger partial charge in [-0.25, -0.2) is 0 Å². The molecule has 0 atom stereocenters. The van der Waals surface area contributed by atoms with Crippen LogP contribution in [0.15, 0.2) is 18.2 Å². The van der Waals surface area contributed by atoms with Gasteiger partial charge in [-0.3, -0.25) is 0 Å². The van der Waals surface area contributed by atoms with Crippen molar-refractivity contribution in [3.05, 3.63) is 23.8 Å². The fourth-order valence-corrected chi connectivity index (χ4v) is 2.94. The first kappa shape index (κ1) is 13.7. The van der Waals surface area contributed by atoms with Gasteiger partial charge in [0, 0.05) is 10.4 Å². The Kier molecular flexibility index (Phi) is 3.90. The molecule has 0 amide bonds. The molecule has 0 radical (unpaired) electrons. The van der Waals surface area contributed by atoms with Crippen LogP contribution in [-0.4, -0.2) is 18.0 Å². The number of ether oxygens (including phenoxy) is 2. The summed E-state index contributed by atoms with van der Waals surface area (Å²) in [5, 5.41) is 0. The van der Waals surface area contributed by atoms with E-state index < -0.39 is 0 Å². The number of rotatable bonds is 3. The quantitative estimate of drug-likeness (QED) is 0.775. The maximum absolute atomic E-state index is 6.09. The Bertz CT molecular complexity index is 417. The molecule has 2 nitrogen and oxygen atoms in total. The summed E-state index contributed by atoms with van der Waals surface area (Å²) in [6.07, 6.45) is 2.54. The fourth-order valence-electron chi connectivity index (χ4n) is 2.10. The van der Waals surface area contributed by atoms with Crippen LogP contribution in [0, 0.1) is 0 Å². The molecule has 2 rings (SSSR count). The normalized spacial score (nSPS) is 23.4. The predicted octanol–water partition coefficient (Wildman–Crippen LogP) is 4.30. The minimum Gasteiger partial charge on any atom is -0.497 e. The second kappa shape index (κ2) is 5.12. The van der Waals surface area contributed by atoms with Crippen LogP contribution in [0.1, 0.15) is 39.2 Å². The van der Waals surface area contributed by atoms with Crippen molar-refractivity contribution >= 4 is 15.9 Å². The SMILES string of the molecule is COc1ccc(OC2CC(Br)C2)c(C(C)(C)C)c1. The van der Waals surface area contributed by atoms with Crippen LogP contribution in [-0.2, 0) is 5.41 Å². The van der Waals surface area contributed by atoms with E-state index in [9.17, 15) is 0 Å². The summed E-state index contributed by atoms with van der Waals surface area (Å²) < 4.78 is 11.4. The molecule has 0 spiro atoms. The molecule has 0 bridgehead atoms. The predicted molar refractivity (Wildman–Crippen MR) is 78.1 cm³/mol. The molecule has 1 aromatic carbocycles. The van der Waals surface area contributed by atoms with Gasteiger partial charge in [-0.15, -0.1) is 0 Å². The molecule has 0 aliphatic heterocycles. The van der Waals surface area contributed by atoms with Crippen molar-refractivity contribution in [3.63, 3.8) is 0 Å². The molecule has 3 heteroatoms. The van der Waals surface area contributed by atoms with Crippen LogP contribution in [0.4, 0.5) is 0 Å². The summed E-state index contributed by atoms with van der Waals surface area (Å²) in [7, 11) is 1.70. The summed E-state index contributed by atoms with van der Waals surface area (Å²) in [5.74, 6) is 1.88. The van der Waals surface area contributed by atoms with E-state index in [1.165, 1.54) is 5.56 Å². The molecule has 1 fully saturated rings. The third-order valence-electron chi connectivity index (χ3n) is 3.33. The Hall–Kier alpha value is -0.700. The number of hydrogen-bond acceptors (Lipinski definition) is 2. The Morgan fingerprint density at radius 2 is 1.89 bits per heavy atom. The molecule has 18 heavy (non-hydrogen) atoms. The van der Waals surface area contributed by atoms with Gasteiger partial charge in [-0.05, 0) is 36.5 Å². The highest BCUT2D eigenvalue weighted by Gasteiger charge is 2.30. The van der Waals surface area contributed by atoms with Crippen LogP contribution in [0.5, 0.6) is 11.5 Å². The standard InChI is InChI=1S/C15H21BrO2/c1-15(2,3)13-9-11(17-4)5-6-14(13)18-12-7-10(16)8-12/h5-6,9-10,12H,7-8H2,1-4H3. The van der Waals surface area contributed by atoms with Crippen molar-refractivity contribution in [2.45, 2.75) is 50.0 Å². The van der Waals surface area contributed by atoms with Crippen LogP contribution in [0.25, 0.3) is 0 Å². The lowest BCUT2D eigenvalue weighted by Gasteiger charge is -2.33. The van der Waals surface area contributed by atoms with Crippen molar-refractivity contribution in [1.82, 2.24) is 0 Å². The van der Waals surface area contributed by atoms with Crippen LogP contribution in [0.3, 0.4) is 0 Å². The van der Waals surface area contributed by atoms with Gasteiger partial charge in [0.25, 0.3) is 0 Å². The van der Waals surface area contributed by atoms with Crippen molar-refractivity contribution < 1.29 is 9.47 Å². The van der Waals surface area contributed by atoms with Gasteiger partial charge >= 0.3 is 0 Å². The van der Waals surface area contributed by atoms with Crippen LogP contribution >= 0.6 is 15.9 Å². The molecule has 0 heterocycles. The molecule has 1 aliphatic carbocycles. The molecule has 0 aromatic heterocycles. The van der Waals surface area contributed by atoms with Crippen molar-refractivity contribution in [2.75, 3.05) is 7.11 Å². The van der Waals surface area contributed by atoms with Gasteiger partial charge in [0.2, 0.25) is 0 Å². The van der Waals surface area contributed by atoms with Gasteiger partial charge in [-0.1, -0.05) is 36.7 Å². The third-order valence-corrected chi connectivity index (χ3v) is 4.07. The average Bonchev–Trinajstić information content (AvgIpc) is 2.26. The molecule has 1 saturated carbocycles. The van der Waals surface area contributed by atoms with Gasteiger partial charge in [0.05, 0.1) is 7.11 Å². The third kappa shape index (κ3) is 3.00. The van der Waals surface area contributed by atoms with Crippen LogP contribution < -0.4 is 9.47 Å². The van der Waals surface area contributed by atoms with E-state index >= 15 is 0 Å². The van der Waals surface area contributed by atoms with Crippen LogP contribution in [0.2, 0.25) is 0 Å². The van der Waals surface area contributed by atoms with Gasteiger partial charge < -0.3 is 9.47 Å². The first-order chi connectivity index (χ1) is 8.40. The van der Waals surface area contributed by atoms with E-state index in [2.05, 4.69) is 42.8 Å². The Labute approximate surface area is 118 Å². The molecule has 0 saturated heterocycles. The van der Waals surface area contributed by atoms with Gasteiger partial charge in [0.1, 0.15) is 17.6 Å². The molecular formula is C15H21BrO2. The zero-order valence-corrected chi connectivity index (χ0v) is 13.1. The largest absolute Gasteiger partial charge is 0.497 e.